The molecule has 0 aliphatic carbocycles. The number of benzene rings is 2. The number of fused-ring (bicyclic) bond motifs is 1. The Balaban J connectivity index is 1.92. The summed E-state index contributed by atoms with van der Waals surface area (Å²) < 4.78 is 15.1. The Kier molecular flexibility index (Phi) is 4.76. The van der Waals surface area contributed by atoms with E-state index in [0.29, 0.717) is 11.4 Å². The molecule has 3 rings (SSSR count). The Morgan fingerprint density at radius 1 is 1.33 bits per heavy atom. The molecule has 24 heavy (non-hydrogen) atoms. The van der Waals surface area contributed by atoms with Crippen molar-refractivity contribution in [1.82, 2.24) is 9.88 Å². The molecule has 0 aliphatic heterocycles. The van der Waals surface area contributed by atoms with E-state index in [1.165, 1.54) is 12.1 Å². The van der Waals surface area contributed by atoms with E-state index in [-0.39, 0.29) is 5.82 Å². The van der Waals surface area contributed by atoms with E-state index in [9.17, 15) is 4.39 Å². The van der Waals surface area contributed by atoms with Crippen LogP contribution in [-0.2, 0) is 0 Å². The van der Waals surface area contributed by atoms with E-state index < -0.39 is 0 Å². The highest BCUT2D eigenvalue weighted by Gasteiger charge is 2.08. The Hall–Kier alpha value is -2.47. The van der Waals surface area contributed by atoms with Gasteiger partial charge in [0.25, 0.3) is 0 Å². The van der Waals surface area contributed by atoms with Gasteiger partial charge in [-0.05, 0) is 49.7 Å². The summed E-state index contributed by atoms with van der Waals surface area (Å²) in [5.41, 5.74) is 5.93. The van der Waals surface area contributed by atoms with Crippen LogP contribution in [0.15, 0.2) is 40.8 Å². The molecular weight excluding hydrogens is 323 g/mol. The first-order valence-corrected chi connectivity index (χ1v) is 8.59. The largest absolute Gasteiger partial charge is 0.366 e. The molecule has 0 spiro atoms. The van der Waals surface area contributed by atoms with Crippen molar-refractivity contribution in [3.8, 4) is 0 Å². The Morgan fingerprint density at radius 2 is 2.17 bits per heavy atom. The number of halogens is 1. The van der Waals surface area contributed by atoms with Crippen LogP contribution >= 0.6 is 11.3 Å². The number of hydrogen-bond donors (Lipinski definition) is 1. The van der Waals surface area contributed by atoms with E-state index in [4.69, 9.17) is 0 Å². The molecule has 0 atom stereocenters. The minimum Gasteiger partial charge on any atom is -0.366 e. The van der Waals surface area contributed by atoms with Crippen molar-refractivity contribution in [3.05, 3.63) is 47.2 Å². The van der Waals surface area contributed by atoms with Crippen LogP contribution in [0.3, 0.4) is 0 Å². The molecule has 0 amide bonds. The second-order valence-electron chi connectivity index (χ2n) is 5.58. The molecule has 0 saturated heterocycles. The fraction of sp³-hybridized carbons (Fsp3) is 0.222. The molecule has 0 fully saturated rings. The molecule has 1 heterocycles. The zero-order valence-corrected chi connectivity index (χ0v) is 14.7. The average molecular weight is 342 g/mol. The maximum absolute atomic E-state index is 14.0. The molecule has 0 radical (unpaired) electrons. The van der Waals surface area contributed by atoms with Crippen LogP contribution in [0.1, 0.15) is 12.5 Å². The molecule has 124 valence electrons. The summed E-state index contributed by atoms with van der Waals surface area (Å²) in [6.45, 7) is 4.82. The van der Waals surface area contributed by atoms with Crippen LogP contribution in [0.2, 0.25) is 0 Å². The average Bonchev–Trinajstić information content (AvgIpc) is 3.03. The lowest BCUT2D eigenvalue weighted by Crippen LogP contribution is -2.14. The first kappa shape index (κ1) is 16.4. The normalized spacial score (nSPS) is 11.3. The summed E-state index contributed by atoms with van der Waals surface area (Å²) in [5.74, 6) is -0.312. The fourth-order valence-corrected chi connectivity index (χ4v) is 2.98. The van der Waals surface area contributed by atoms with Gasteiger partial charge in [-0.2, -0.15) is 0 Å². The molecular formula is C18H19FN4S. The van der Waals surface area contributed by atoms with Crippen LogP contribution in [0.4, 0.5) is 21.5 Å². The Labute approximate surface area is 144 Å². The highest BCUT2D eigenvalue weighted by Crippen LogP contribution is 2.31. The molecule has 3 aromatic rings. The topological polar surface area (TPSA) is 40.5 Å². The molecule has 6 heteroatoms. The molecule has 4 nitrogen and oxygen atoms in total. The summed E-state index contributed by atoms with van der Waals surface area (Å²) in [5, 5.41) is 3.29. The highest BCUT2D eigenvalue weighted by atomic mass is 32.1. The van der Waals surface area contributed by atoms with Gasteiger partial charge in [0, 0.05) is 25.0 Å². The lowest BCUT2D eigenvalue weighted by molar-refractivity contribution is 0.552. The lowest BCUT2D eigenvalue weighted by Gasteiger charge is -2.13. The number of hydrogen-bond acceptors (Lipinski definition) is 4. The number of thiazole rings is 1. The first-order chi connectivity index (χ1) is 11.6. The zero-order chi connectivity index (χ0) is 17.1. The summed E-state index contributed by atoms with van der Waals surface area (Å²) in [6.07, 6.45) is 1.72. The third-order valence-corrected chi connectivity index (χ3v) is 4.64. The van der Waals surface area contributed by atoms with Gasteiger partial charge in [0.15, 0.2) is 0 Å². The number of aliphatic imine (C=N–C) groups is 1. The van der Waals surface area contributed by atoms with Gasteiger partial charge in [0.05, 0.1) is 27.8 Å². The molecule has 1 aromatic heterocycles. The monoisotopic (exact) mass is 342 g/mol. The summed E-state index contributed by atoms with van der Waals surface area (Å²) in [4.78, 5) is 10.6. The van der Waals surface area contributed by atoms with Crippen LogP contribution < -0.4 is 5.32 Å². The van der Waals surface area contributed by atoms with Crippen molar-refractivity contribution in [2.75, 3.05) is 18.9 Å². The van der Waals surface area contributed by atoms with Crippen LogP contribution in [0.5, 0.6) is 0 Å². The van der Waals surface area contributed by atoms with Crippen molar-refractivity contribution in [2.45, 2.75) is 13.8 Å². The van der Waals surface area contributed by atoms with Gasteiger partial charge >= 0.3 is 0 Å². The first-order valence-electron chi connectivity index (χ1n) is 7.71. The predicted octanol–water partition coefficient (Wildman–Crippen LogP) is 5.10. The van der Waals surface area contributed by atoms with E-state index in [2.05, 4.69) is 15.3 Å². The number of anilines is 2. The van der Waals surface area contributed by atoms with E-state index >= 15 is 0 Å². The van der Waals surface area contributed by atoms with Gasteiger partial charge in [-0.1, -0.05) is 0 Å². The van der Waals surface area contributed by atoms with E-state index in [1.807, 2.05) is 49.5 Å². The van der Waals surface area contributed by atoms with Gasteiger partial charge < -0.3 is 10.2 Å². The zero-order valence-electron chi connectivity index (χ0n) is 13.9. The van der Waals surface area contributed by atoms with Crippen molar-refractivity contribution in [3.63, 3.8) is 0 Å². The molecule has 0 saturated carbocycles. The highest BCUT2D eigenvalue weighted by molar-refractivity contribution is 7.16. The van der Waals surface area contributed by atoms with Crippen LogP contribution in [0, 0.1) is 12.7 Å². The minimum absolute atomic E-state index is 0.312. The molecule has 2 aromatic carbocycles. The van der Waals surface area contributed by atoms with Gasteiger partial charge in [-0.15, -0.1) is 11.3 Å². The smallest absolute Gasteiger partial charge is 0.127 e. The number of aromatic nitrogens is 1. The van der Waals surface area contributed by atoms with Crippen molar-refractivity contribution in [2.24, 2.45) is 4.99 Å². The Bertz CT molecular complexity index is 888. The SMILES string of the molecule is CCN(C)C=Nc1cc(F)cc(Nc2ccc3ncsc3c2)c1C. The van der Waals surface area contributed by atoms with Crippen molar-refractivity contribution in [1.29, 1.82) is 0 Å². The predicted molar refractivity (Wildman–Crippen MR) is 100 cm³/mol. The minimum atomic E-state index is -0.312. The molecule has 1 N–H and O–H groups in total. The molecule has 0 unspecified atom stereocenters. The van der Waals surface area contributed by atoms with Gasteiger partial charge in [0.1, 0.15) is 5.82 Å². The maximum Gasteiger partial charge on any atom is 0.127 e. The summed E-state index contributed by atoms with van der Waals surface area (Å²) in [6, 6.07) is 8.87. The van der Waals surface area contributed by atoms with Crippen LogP contribution in [0.25, 0.3) is 10.2 Å². The van der Waals surface area contributed by atoms with E-state index in [0.717, 1.165) is 28.0 Å². The van der Waals surface area contributed by atoms with Crippen LogP contribution in [-0.4, -0.2) is 29.8 Å². The third-order valence-electron chi connectivity index (χ3n) is 3.85. The second kappa shape index (κ2) is 6.97. The quantitative estimate of drug-likeness (QED) is 0.518. The summed E-state index contributed by atoms with van der Waals surface area (Å²) in [7, 11) is 1.93. The number of nitrogens with one attached hydrogen (secondary N) is 1. The molecule has 0 bridgehead atoms. The van der Waals surface area contributed by atoms with E-state index in [1.54, 1.807) is 17.7 Å². The number of rotatable bonds is 5. The standard InChI is InChI=1S/C18H19FN4S/c1-4-23(3)10-20-16-7-13(19)8-17(12(16)2)22-14-5-6-15-18(9-14)24-11-21-15/h5-11,22H,4H2,1-3H3. The van der Waals surface area contributed by atoms with Gasteiger partial charge in [-0.25, -0.2) is 14.4 Å². The Morgan fingerprint density at radius 3 is 2.96 bits per heavy atom. The second-order valence-corrected chi connectivity index (χ2v) is 6.46. The summed E-state index contributed by atoms with van der Waals surface area (Å²) >= 11 is 1.58. The fourth-order valence-electron chi connectivity index (χ4n) is 2.26. The number of nitrogens with zero attached hydrogens (tertiary/aromatic N) is 3. The molecule has 0 aliphatic rings. The van der Waals surface area contributed by atoms with Gasteiger partial charge in [0.2, 0.25) is 0 Å². The van der Waals surface area contributed by atoms with Crippen molar-refractivity contribution < 1.29 is 4.39 Å². The lowest BCUT2D eigenvalue weighted by atomic mass is 10.1. The third kappa shape index (κ3) is 3.54. The van der Waals surface area contributed by atoms with Gasteiger partial charge in [-0.3, -0.25) is 0 Å². The van der Waals surface area contributed by atoms with Crippen molar-refractivity contribution >= 4 is 45.0 Å². The maximum atomic E-state index is 14.0.